The number of hydrogen-bond donors (Lipinski definition) is 0. The van der Waals surface area contributed by atoms with Crippen LogP contribution in [0.2, 0.25) is 0 Å². The summed E-state index contributed by atoms with van der Waals surface area (Å²) in [5, 5.41) is 0. The minimum absolute atomic E-state index is 0.788. The van der Waals surface area contributed by atoms with Gasteiger partial charge in [0.25, 0.3) is 0 Å². The van der Waals surface area contributed by atoms with Gasteiger partial charge in [-0.15, -0.1) is 0 Å². The topological polar surface area (TPSA) is 22.0 Å². The minimum Gasteiger partial charge on any atom is -0.314 e. The molecule has 0 atom stereocenters. The molecule has 1 aromatic carbocycles. The molecule has 1 aromatic heterocycles. The van der Waals surface area contributed by atoms with Crippen LogP contribution >= 0.6 is 0 Å². The Bertz CT molecular complexity index is 578. The van der Waals surface area contributed by atoms with Crippen LogP contribution in [0.15, 0.2) is 48.7 Å². The molecular formula is C15H13NO. The van der Waals surface area contributed by atoms with E-state index in [-0.39, 0.29) is 0 Å². The first-order valence-electron chi connectivity index (χ1n) is 5.79. The molecule has 2 heteroatoms. The van der Waals surface area contributed by atoms with Crippen molar-refractivity contribution in [2.24, 2.45) is 0 Å². The number of rotatable bonds is 2. The molecule has 1 aliphatic rings. The number of carbonyl (C=O) groups excluding carboxylic acids is 1. The second-order valence-electron chi connectivity index (χ2n) is 4.22. The quantitative estimate of drug-likeness (QED) is 0.566. The van der Waals surface area contributed by atoms with E-state index in [0.717, 1.165) is 30.5 Å². The second kappa shape index (κ2) is 4.06. The Labute approximate surface area is 100 Å². The van der Waals surface area contributed by atoms with Crippen molar-refractivity contribution in [3.8, 4) is 5.69 Å². The maximum absolute atomic E-state index is 11.3. The molecule has 0 unspecified atom stereocenters. The fourth-order valence-electron chi connectivity index (χ4n) is 2.37. The van der Waals surface area contributed by atoms with Crippen molar-refractivity contribution in [2.45, 2.75) is 12.8 Å². The van der Waals surface area contributed by atoms with Crippen molar-refractivity contribution >= 4 is 6.29 Å². The van der Waals surface area contributed by atoms with Gasteiger partial charge in [0, 0.05) is 11.9 Å². The molecule has 0 amide bonds. The largest absolute Gasteiger partial charge is 0.314 e. The van der Waals surface area contributed by atoms with Gasteiger partial charge < -0.3 is 4.57 Å². The predicted molar refractivity (Wildman–Crippen MR) is 67.7 cm³/mol. The van der Waals surface area contributed by atoms with Crippen LogP contribution in [0.25, 0.3) is 5.69 Å². The molecule has 84 valence electrons. The van der Waals surface area contributed by atoms with Crippen LogP contribution in [0.4, 0.5) is 0 Å². The Morgan fingerprint density at radius 2 is 1.82 bits per heavy atom. The highest BCUT2D eigenvalue weighted by molar-refractivity contribution is 5.78. The molecule has 0 spiro atoms. The summed E-state index contributed by atoms with van der Waals surface area (Å²) in [6.45, 7) is 0. The lowest BCUT2D eigenvalue weighted by Gasteiger charge is -2.06. The van der Waals surface area contributed by atoms with Crippen LogP contribution in [0.5, 0.6) is 0 Å². The molecule has 2 nitrogen and oxygen atoms in total. The molecule has 0 fully saturated rings. The number of fused-ring (bicyclic) bond motifs is 1. The lowest BCUT2D eigenvalue weighted by molar-refractivity contribution is 0.111. The average Bonchev–Trinajstić information content (AvgIpc) is 2.78. The number of aromatic nitrogens is 1. The first-order chi connectivity index (χ1) is 8.40. The zero-order valence-corrected chi connectivity index (χ0v) is 9.47. The Hall–Kier alpha value is -2.09. The highest BCUT2D eigenvalue weighted by Gasteiger charge is 2.16. The van der Waals surface area contributed by atoms with Gasteiger partial charge in [0.2, 0.25) is 0 Å². The molecule has 0 radical (unpaired) electrons. The van der Waals surface area contributed by atoms with E-state index in [0.29, 0.717) is 0 Å². The highest BCUT2D eigenvalue weighted by Crippen LogP contribution is 2.24. The lowest BCUT2D eigenvalue weighted by atomic mass is 10.00. The molecule has 1 heterocycles. The first kappa shape index (κ1) is 10.1. The normalized spacial score (nSPS) is 13.4. The van der Waals surface area contributed by atoms with Gasteiger partial charge in [0.05, 0.1) is 5.69 Å². The molecule has 0 bridgehead atoms. The summed E-state index contributed by atoms with van der Waals surface area (Å²) in [4.78, 5) is 11.3. The summed E-state index contributed by atoms with van der Waals surface area (Å²) in [5.41, 5.74) is 4.27. The molecule has 2 aromatic rings. The van der Waals surface area contributed by atoms with E-state index in [9.17, 15) is 4.79 Å². The van der Waals surface area contributed by atoms with Gasteiger partial charge >= 0.3 is 0 Å². The molecule has 0 aliphatic heterocycles. The minimum atomic E-state index is 0.788. The van der Waals surface area contributed by atoms with Gasteiger partial charge in [-0.05, 0) is 36.1 Å². The zero-order chi connectivity index (χ0) is 11.7. The van der Waals surface area contributed by atoms with E-state index in [4.69, 9.17) is 0 Å². The van der Waals surface area contributed by atoms with Crippen molar-refractivity contribution in [1.82, 2.24) is 4.57 Å². The fraction of sp³-hybridized carbons (Fsp3) is 0.133. The summed E-state index contributed by atoms with van der Waals surface area (Å²) >= 11 is 0. The number of benzene rings is 1. The van der Waals surface area contributed by atoms with E-state index in [1.807, 2.05) is 34.9 Å². The van der Waals surface area contributed by atoms with Crippen LogP contribution < -0.4 is 0 Å². The molecular weight excluding hydrogens is 210 g/mol. The van der Waals surface area contributed by atoms with Crippen molar-refractivity contribution < 1.29 is 4.79 Å². The number of nitrogens with zero attached hydrogens (tertiary/aromatic N) is 1. The first-order valence-corrected chi connectivity index (χ1v) is 5.79. The maximum atomic E-state index is 11.3. The summed E-state index contributed by atoms with van der Waals surface area (Å²) in [6.07, 6.45) is 9.12. The van der Waals surface area contributed by atoms with E-state index < -0.39 is 0 Å². The molecule has 0 saturated heterocycles. The third kappa shape index (κ3) is 1.62. The standard InChI is InChI=1S/C15H13NO/c17-11-15-14-9-5-4-6-12(14)10-16(15)13-7-2-1-3-8-13/h1-5,7-8,10-11H,6,9H2. The summed E-state index contributed by atoms with van der Waals surface area (Å²) in [6, 6.07) is 10.00. The van der Waals surface area contributed by atoms with Gasteiger partial charge in [-0.1, -0.05) is 30.4 Å². The van der Waals surface area contributed by atoms with E-state index >= 15 is 0 Å². The SMILES string of the molecule is O=Cc1c2c(cn1-c1ccccc1)CC=CC2. The van der Waals surface area contributed by atoms with Crippen LogP contribution in [0, 0.1) is 0 Å². The summed E-state index contributed by atoms with van der Waals surface area (Å²) < 4.78 is 1.99. The Morgan fingerprint density at radius 3 is 2.59 bits per heavy atom. The average molecular weight is 223 g/mol. The van der Waals surface area contributed by atoms with Crippen LogP contribution in [0.1, 0.15) is 21.6 Å². The van der Waals surface area contributed by atoms with Crippen molar-refractivity contribution in [2.75, 3.05) is 0 Å². The Balaban J connectivity index is 2.18. The van der Waals surface area contributed by atoms with Crippen molar-refractivity contribution in [1.29, 1.82) is 0 Å². The number of carbonyl (C=O) groups is 1. The molecule has 3 rings (SSSR count). The number of aldehydes is 1. The van der Waals surface area contributed by atoms with E-state index in [1.54, 1.807) is 0 Å². The maximum Gasteiger partial charge on any atom is 0.167 e. The highest BCUT2D eigenvalue weighted by atomic mass is 16.1. The molecule has 1 aliphatic carbocycles. The fourth-order valence-corrected chi connectivity index (χ4v) is 2.37. The zero-order valence-electron chi connectivity index (χ0n) is 9.47. The van der Waals surface area contributed by atoms with Gasteiger partial charge in [-0.25, -0.2) is 0 Å². The van der Waals surface area contributed by atoms with Gasteiger partial charge in [0.1, 0.15) is 0 Å². The third-order valence-corrected chi connectivity index (χ3v) is 3.21. The Kier molecular flexibility index (Phi) is 2.41. The molecule has 0 N–H and O–H groups in total. The van der Waals surface area contributed by atoms with Gasteiger partial charge in [-0.3, -0.25) is 4.79 Å². The smallest absolute Gasteiger partial charge is 0.167 e. The van der Waals surface area contributed by atoms with Gasteiger partial charge in [0.15, 0.2) is 6.29 Å². The van der Waals surface area contributed by atoms with Crippen molar-refractivity contribution in [3.05, 3.63) is 65.5 Å². The third-order valence-electron chi connectivity index (χ3n) is 3.21. The van der Waals surface area contributed by atoms with Crippen LogP contribution in [0.3, 0.4) is 0 Å². The summed E-state index contributed by atoms with van der Waals surface area (Å²) in [5.74, 6) is 0. The Morgan fingerprint density at radius 1 is 1.06 bits per heavy atom. The molecule has 0 saturated carbocycles. The summed E-state index contributed by atoms with van der Waals surface area (Å²) in [7, 11) is 0. The van der Waals surface area contributed by atoms with E-state index in [2.05, 4.69) is 18.3 Å². The number of allylic oxidation sites excluding steroid dienone is 2. The number of para-hydroxylation sites is 1. The number of hydrogen-bond acceptors (Lipinski definition) is 1. The van der Waals surface area contributed by atoms with Gasteiger partial charge in [-0.2, -0.15) is 0 Å². The second-order valence-corrected chi connectivity index (χ2v) is 4.22. The van der Waals surface area contributed by atoms with E-state index in [1.165, 1.54) is 11.1 Å². The monoisotopic (exact) mass is 223 g/mol. The molecule has 17 heavy (non-hydrogen) atoms. The lowest BCUT2D eigenvalue weighted by Crippen LogP contribution is -2.00. The van der Waals surface area contributed by atoms with Crippen LogP contribution in [-0.4, -0.2) is 10.9 Å². The van der Waals surface area contributed by atoms with Crippen LogP contribution in [-0.2, 0) is 12.8 Å². The predicted octanol–water partition coefficient (Wildman–Crippen LogP) is 2.94. The van der Waals surface area contributed by atoms with Crippen molar-refractivity contribution in [3.63, 3.8) is 0 Å².